The Morgan fingerprint density at radius 3 is 2.33 bits per heavy atom. The van der Waals surface area contributed by atoms with Crippen molar-refractivity contribution in [3.05, 3.63) is 66.1 Å². The van der Waals surface area contributed by atoms with Crippen LogP contribution in [0.4, 0.5) is 16.0 Å². The molecular weight excluding hydrogens is 303 g/mol. The minimum Gasteiger partial charge on any atom is -0.378 e. The molecule has 24 heavy (non-hydrogen) atoms. The topological polar surface area (TPSA) is 33.1 Å². The van der Waals surface area contributed by atoms with Crippen molar-refractivity contribution in [3.63, 3.8) is 0 Å². The number of imidazole rings is 1. The van der Waals surface area contributed by atoms with E-state index in [4.69, 9.17) is 0 Å². The summed E-state index contributed by atoms with van der Waals surface area (Å²) in [5, 5.41) is 3.34. The lowest BCUT2D eigenvalue weighted by atomic mass is 10.2. The van der Waals surface area contributed by atoms with E-state index in [9.17, 15) is 4.39 Å². The fraction of sp³-hybridized carbons (Fsp3) is 0.211. The summed E-state index contributed by atoms with van der Waals surface area (Å²) in [4.78, 5) is 6.50. The number of benzene rings is 2. The Hall–Kier alpha value is -2.82. The van der Waals surface area contributed by atoms with E-state index in [1.54, 1.807) is 18.3 Å². The minimum absolute atomic E-state index is 0.236. The predicted molar refractivity (Wildman–Crippen MR) is 96.7 cm³/mol. The molecule has 4 nitrogen and oxygen atoms in total. The van der Waals surface area contributed by atoms with Gasteiger partial charge in [-0.2, -0.15) is 0 Å². The predicted octanol–water partition coefficient (Wildman–Crippen LogP) is 3.90. The van der Waals surface area contributed by atoms with Gasteiger partial charge in [0.15, 0.2) is 0 Å². The van der Waals surface area contributed by atoms with E-state index in [2.05, 4.69) is 39.5 Å². The van der Waals surface area contributed by atoms with Crippen molar-refractivity contribution < 1.29 is 4.39 Å². The van der Waals surface area contributed by atoms with E-state index in [1.165, 1.54) is 23.4 Å². The maximum Gasteiger partial charge on any atom is 0.203 e. The van der Waals surface area contributed by atoms with Crippen molar-refractivity contribution in [1.29, 1.82) is 0 Å². The Balaban J connectivity index is 1.71. The highest BCUT2D eigenvalue weighted by Crippen LogP contribution is 2.22. The van der Waals surface area contributed by atoms with Crippen LogP contribution in [0.3, 0.4) is 0 Å². The van der Waals surface area contributed by atoms with Crippen molar-refractivity contribution in [2.24, 2.45) is 7.05 Å². The zero-order chi connectivity index (χ0) is 17.1. The van der Waals surface area contributed by atoms with E-state index in [1.807, 2.05) is 25.7 Å². The molecule has 0 saturated heterocycles. The molecule has 124 valence electrons. The first-order chi connectivity index (χ1) is 11.5. The molecule has 0 spiro atoms. The van der Waals surface area contributed by atoms with Gasteiger partial charge in [0.25, 0.3) is 0 Å². The molecule has 3 aromatic rings. The molecule has 3 rings (SSSR count). The monoisotopic (exact) mass is 324 g/mol. The third-order valence-corrected chi connectivity index (χ3v) is 4.03. The summed E-state index contributed by atoms with van der Waals surface area (Å²) in [7, 11) is 6.00. The molecule has 0 aliphatic carbocycles. The van der Waals surface area contributed by atoms with Gasteiger partial charge in [-0.15, -0.1) is 0 Å². The number of aromatic nitrogens is 2. The number of nitrogens with one attached hydrogen (secondary N) is 1. The number of halogens is 1. The number of nitrogens with zero attached hydrogens (tertiary/aromatic N) is 3. The van der Waals surface area contributed by atoms with Gasteiger partial charge in [0.05, 0.1) is 11.9 Å². The van der Waals surface area contributed by atoms with Crippen LogP contribution < -0.4 is 10.2 Å². The Bertz CT molecular complexity index is 804. The zero-order valence-corrected chi connectivity index (χ0v) is 14.1. The molecule has 0 aliphatic rings. The van der Waals surface area contributed by atoms with Crippen LogP contribution in [0, 0.1) is 5.82 Å². The molecule has 0 bridgehead atoms. The van der Waals surface area contributed by atoms with Crippen LogP contribution in [-0.2, 0) is 13.6 Å². The molecule has 0 saturated carbocycles. The number of rotatable bonds is 5. The third-order valence-electron chi connectivity index (χ3n) is 4.03. The van der Waals surface area contributed by atoms with Gasteiger partial charge < -0.3 is 14.8 Å². The lowest BCUT2D eigenvalue weighted by molar-refractivity contribution is 0.628. The molecule has 2 aromatic carbocycles. The van der Waals surface area contributed by atoms with E-state index in [0.29, 0.717) is 6.54 Å². The summed E-state index contributed by atoms with van der Waals surface area (Å²) >= 11 is 0. The largest absolute Gasteiger partial charge is 0.378 e. The summed E-state index contributed by atoms with van der Waals surface area (Å²) in [6, 6.07) is 14.8. The van der Waals surface area contributed by atoms with Crippen LogP contribution in [0.25, 0.3) is 11.3 Å². The van der Waals surface area contributed by atoms with E-state index in [0.717, 1.165) is 17.2 Å². The van der Waals surface area contributed by atoms with Gasteiger partial charge in [0.2, 0.25) is 5.95 Å². The fourth-order valence-electron chi connectivity index (χ4n) is 2.56. The van der Waals surface area contributed by atoms with Crippen molar-refractivity contribution >= 4 is 11.6 Å². The Kier molecular flexibility index (Phi) is 4.51. The Morgan fingerprint density at radius 1 is 1.04 bits per heavy atom. The molecule has 0 amide bonds. The molecule has 1 N–H and O–H groups in total. The molecule has 0 aliphatic heterocycles. The van der Waals surface area contributed by atoms with Crippen LogP contribution in [-0.4, -0.2) is 23.6 Å². The van der Waals surface area contributed by atoms with Crippen molar-refractivity contribution in [2.45, 2.75) is 6.54 Å². The van der Waals surface area contributed by atoms with Gasteiger partial charge in [-0.3, -0.25) is 0 Å². The van der Waals surface area contributed by atoms with Gasteiger partial charge in [-0.25, -0.2) is 9.37 Å². The molecule has 0 unspecified atom stereocenters. The van der Waals surface area contributed by atoms with Gasteiger partial charge in [0.1, 0.15) is 5.82 Å². The molecule has 0 fully saturated rings. The van der Waals surface area contributed by atoms with Crippen molar-refractivity contribution in [1.82, 2.24) is 9.55 Å². The molecular formula is C19H21FN4. The summed E-state index contributed by atoms with van der Waals surface area (Å²) in [6.07, 6.45) is 1.80. The maximum absolute atomic E-state index is 13.1. The number of hydrogen-bond donors (Lipinski definition) is 1. The molecule has 5 heteroatoms. The second-order valence-electron chi connectivity index (χ2n) is 5.95. The number of hydrogen-bond acceptors (Lipinski definition) is 3. The minimum atomic E-state index is -0.236. The highest BCUT2D eigenvalue weighted by molar-refractivity contribution is 5.61. The highest BCUT2D eigenvalue weighted by Gasteiger charge is 2.08. The van der Waals surface area contributed by atoms with Gasteiger partial charge in [-0.1, -0.05) is 12.1 Å². The lowest BCUT2D eigenvalue weighted by Crippen LogP contribution is -2.09. The van der Waals surface area contributed by atoms with Crippen LogP contribution in [0.2, 0.25) is 0 Å². The van der Waals surface area contributed by atoms with Gasteiger partial charge in [0, 0.05) is 38.9 Å². The maximum atomic E-state index is 13.1. The van der Waals surface area contributed by atoms with E-state index < -0.39 is 0 Å². The van der Waals surface area contributed by atoms with Gasteiger partial charge in [-0.05, 0) is 42.0 Å². The van der Waals surface area contributed by atoms with Crippen LogP contribution in [0.15, 0.2) is 54.7 Å². The first-order valence-electron chi connectivity index (χ1n) is 7.82. The summed E-state index contributed by atoms with van der Waals surface area (Å²) < 4.78 is 15.0. The average molecular weight is 324 g/mol. The highest BCUT2D eigenvalue weighted by atomic mass is 19.1. The van der Waals surface area contributed by atoms with Crippen molar-refractivity contribution in [2.75, 3.05) is 24.3 Å². The first kappa shape index (κ1) is 16.1. The zero-order valence-electron chi connectivity index (χ0n) is 14.1. The summed E-state index contributed by atoms with van der Waals surface area (Å²) in [6.45, 7) is 0.696. The first-order valence-corrected chi connectivity index (χ1v) is 7.82. The van der Waals surface area contributed by atoms with Crippen LogP contribution in [0.5, 0.6) is 0 Å². The lowest BCUT2D eigenvalue weighted by Gasteiger charge is -2.13. The molecule has 0 radical (unpaired) electrons. The Morgan fingerprint density at radius 2 is 1.71 bits per heavy atom. The van der Waals surface area contributed by atoms with E-state index in [-0.39, 0.29) is 5.82 Å². The van der Waals surface area contributed by atoms with E-state index >= 15 is 0 Å². The molecule has 0 atom stereocenters. The second kappa shape index (κ2) is 6.74. The second-order valence-corrected chi connectivity index (χ2v) is 5.95. The normalized spacial score (nSPS) is 10.7. The summed E-state index contributed by atoms with van der Waals surface area (Å²) in [5.41, 5.74) is 4.25. The molecule has 1 heterocycles. The smallest absolute Gasteiger partial charge is 0.203 e. The third kappa shape index (κ3) is 3.40. The Labute approximate surface area is 141 Å². The van der Waals surface area contributed by atoms with Gasteiger partial charge >= 0.3 is 0 Å². The molecule has 1 aromatic heterocycles. The standard InChI is InChI=1S/C19H21FN4/c1-23(2)17-10-4-14(5-11-17)12-21-19-22-13-18(24(19)3)15-6-8-16(20)9-7-15/h4-11,13H,12H2,1-3H3,(H,21,22). The van der Waals surface area contributed by atoms with Crippen molar-refractivity contribution in [3.8, 4) is 11.3 Å². The fourth-order valence-corrected chi connectivity index (χ4v) is 2.56. The quantitative estimate of drug-likeness (QED) is 0.772. The van der Waals surface area contributed by atoms with Crippen LogP contribution in [0.1, 0.15) is 5.56 Å². The SMILES string of the molecule is CN(C)c1ccc(CNc2ncc(-c3ccc(F)cc3)n2C)cc1. The average Bonchev–Trinajstić information content (AvgIpc) is 2.95. The summed E-state index contributed by atoms with van der Waals surface area (Å²) in [5.74, 6) is 0.548. The number of anilines is 2. The van der Waals surface area contributed by atoms with Crippen LogP contribution >= 0.6 is 0 Å².